The van der Waals surface area contributed by atoms with Gasteiger partial charge in [0.1, 0.15) is 6.10 Å². The average molecular weight is 566 g/mol. The Morgan fingerprint density at radius 1 is 0.784 bits per heavy atom. The van der Waals surface area contributed by atoms with Crippen molar-refractivity contribution in [2.45, 2.75) is 167 Å². The normalized spacial score (nSPS) is 15.3. The van der Waals surface area contributed by atoms with Crippen molar-refractivity contribution in [1.29, 1.82) is 0 Å². The molecule has 0 aromatic heterocycles. The fourth-order valence-electron chi connectivity index (χ4n) is 4.31. The van der Waals surface area contributed by atoms with Gasteiger partial charge in [-0.05, 0) is 36.5 Å². The number of aliphatic carboxylic acids is 1. The van der Waals surface area contributed by atoms with E-state index in [0.29, 0.717) is 6.42 Å². The van der Waals surface area contributed by atoms with E-state index in [1.807, 2.05) is 18.7 Å². The van der Waals surface area contributed by atoms with Crippen molar-refractivity contribution in [2.24, 2.45) is 0 Å². The number of thioether (sulfide) groups is 1. The lowest BCUT2D eigenvalue weighted by Gasteiger charge is -2.21. The molecule has 0 aromatic carbocycles. The van der Waals surface area contributed by atoms with Gasteiger partial charge in [-0.1, -0.05) is 124 Å². The third-order valence-electron chi connectivity index (χ3n) is 6.74. The van der Waals surface area contributed by atoms with E-state index < -0.39 is 25.6 Å². The van der Waals surface area contributed by atoms with Crippen LogP contribution in [0.2, 0.25) is 0 Å². The van der Waals surface area contributed by atoms with Crippen LogP contribution in [-0.4, -0.2) is 45.4 Å². The van der Waals surface area contributed by atoms with E-state index in [-0.39, 0.29) is 11.9 Å². The van der Waals surface area contributed by atoms with E-state index in [2.05, 4.69) is 13.8 Å². The van der Waals surface area contributed by atoms with Gasteiger partial charge in [0.05, 0.1) is 6.61 Å². The van der Waals surface area contributed by atoms with Gasteiger partial charge in [0, 0.05) is 5.25 Å². The Labute approximate surface area is 233 Å². The molecule has 6 nitrogen and oxygen atoms in total. The number of rotatable bonds is 28. The topological polar surface area (TPSA) is 93.1 Å². The number of carboxylic acids is 1. The molecule has 0 aliphatic rings. The Morgan fingerprint density at radius 3 is 1.70 bits per heavy atom. The van der Waals surface area contributed by atoms with Crippen LogP contribution in [0.4, 0.5) is 0 Å². The van der Waals surface area contributed by atoms with Crippen molar-refractivity contribution >= 4 is 25.8 Å². The predicted molar refractivity (Wildman–Crippen MR) is 158 cm³/mol. The van der Waals surface area contributed by atoms with Crippen molar-refractivity contribution in [2.75, 3.05) is 12.4 Å². The molecule has 2 N–H and O–H groups in total. The highest BCUT2D eigenvalue weighted by Gasteiger charge is 2.61. The molecule has 0 rings (SSSR count). The van der Waals surface area contributed by atoms with Gasteiger partial charge in [-0.25, -0.2) is 4.79 Å². The molecule has 4 unspecified atom stereocenters. The lowest BCUT2D eigenvalue weighted by Crippen LogP contribution is -2.39. The first-order valence-corrected chi connectivity index (χ1v) is 17.4. The number of hydrogen-bond donors (Lipinski definition) is 2. The first kappa shape index (κ1) is 36.8. The maximum atomic E-state index is 12.7. The molecule has 0 heterocycles. The van der Waals surface area contributed by atoms with Crippen LogP contribution in [0.3, 0.4) is 0 Å². The van der Waals surface area contributed by atoms with Crippen LogP contribution in [0, 0.1) is 0 Å². The van der Waals surface area contributed by atoms with Gasteiger partial charge >= 0.3 is 19.5 Å². The molecule has 4 atom stereocenters. The van der Waals surface area contributed by atoms with Gasteiger partial charge in [0.25, 0.3) is 0 Å². The largest absolute Gasteiger partial charge is 0.589 e. The zero-order valence-electron chi connectivity index (χ0n) is 24.4. The molecule has 0 aliphatic heterocycles. The van der Waals surface area contributed by atoms with Crippen LogP contribution in [-0.2, 0) is 18.6 Å². The van der Waals surface area contributed by atoms with E-state index in [1.165, 1.54) is 89.9 Å². The minimum Gasteiger partial charge on any atom is -0.474 e. The van der Waals surface area contributed by atoms with Crippen LogP contribution in [0.1, 0.15) is 150 Å². The molecule has 8 heteroatoms. The molecule has 0 saturated carbocycles. The minimum absolute atomic E-state index is 0.00341. The minimum atomic E-state index is -2.94. The second-order valence-electron chi connectivity index (χ2n) is 10.3. The van der Waals surface area contributed by atoms with Gasteiger partial charge in [-0.15, -0.1) is 4.52 Å². The molecule has 220 valence electrons. The Kier molecular flexibility index (Phi) is 24.7. The van der Waals surface area contributed by atoms with Crippen molar-refractivity contribution < 1.29 is 28.8 Å². The highest BCUT2D eigenvalue weighted by molar-refractivity contribution is 7.99. The number of unbranched alkanes of at least 4 members (excludes halogenated alkanes) is 15. The van der Waals surface area contributed by atoms with Crippen molar-refractivity contribution in [3.63, 3.8) is 0 Å². The Bertz CT molecular complexity index is 565. The molecule has 37 heavy (non-hydrogen) atoms. The summed E-state index contributed by atoms with van der Waals surface area (Å²) >= 11 is 1.83. The van der Waals surface area contributed by atoms with Crippen LogP contribution < -0.4 is 0 Å². The number of hydrogen-bond acceptors (Lipinski definition) is 6. The Balaban J connectivity index is 4.61. The van der Waals surface area contributed by atoms with Gasteiger partial charge < -0.3 is 10.2 Å². The fraction of sp³-hybridized carbons (Fsp3) is 0.966. The maximum absolute atomic E-state index is 12.7. The number of aliphatic hydroxyl groups is 1. The van der Waals surface area contributed by atoms with Crippen molar-refractivity contribution in [3.05, 3.63) is 0 Å². The standard InChI is InChI=1S/C29H57O6PS/c1-5-8-10-12-14-15-16-18-20-22-25-37-27(23-21-19-17-13-11-9-6-2)26(4)35-36(33)29(32,28(30)31)34-24-7-3/h26-27,32H,5-25H2,1-4H3/p+1. The van der Waals surface area contributed by atoms with E-state index in [9.17, 15) is 19.6 Å². The zero-order chi connectivity index (χ0) is 27.8. The summed E-state index contributed by atoms with van der Waals surface area (Å²) in [4.78, 5) is 11.6. The number of ether oxygens (including phenoxy) is 1. The van der Waals surface area contributed by atoms with Gasteiger partial charge in [-0.3, -0.25) is 4.74 Å². The van der Waals surface area contributed by atoms with Gasteiger partial charge in [0.15, 0.2) is 0 Å². The quantitative estimate of drug-likeness (QED) is 0.0554. The summed E-state index contributed by atoms with van der Waals surface area (Å²) in [5.41, 5.74) is -2.80. The first-order valence-electron chi connectivity index (χ1n) is 15.2. The lowest BCUT2D eigenvalue weighted by molar-refractivity contribution is -0.192. The number of carboxylic acid groups (broad SMARTS) is 1. The molecule has 0 aliphatic carbocycles. The maximum Gasteiger partial charge on any atom is 0.589 e. The van der Waals surface area contributed by atoms with Crippen LogP contribution in [0.25, 0.3) is 0 Å². The zero-order valence-corrected chi connectivity index (χ0v) is 26.1. The van der Waals surface area contributed by atoms with E-state index in [4.69, 9.17) is 9.26 Å². The van der Waals surface area contributed by atoms with E-state index in [1.54, 1.807) is 6.92 Å². The Hall–Kier alpha value is -0.200. The van der Waals surface area contributed by atoms with Gasteiger partial charge in [-0.2, -0.15) is 11.8 Å². The molecule has 0 bridgehead atoms. The summed E-state index contributed by atoms with van der Waals surface area (Å²) in [6.45, 7) is 8.11. The second kappa shape index (κ2) is 24.8. The SMILES string of the molecule is CCCCCCCCCCCCSC(CCCCCCCCC)C(C)O[P+](=O)C(O)(OCCC)C(=O)O. The second-order valence-corrected chi connectivity index (χ2v) is 13.0. The molecule has 0 amide bonds. The summed E-state index contributed by atoms with van der Waals surface area (Å²) in [5.74, 6) is -0.659. The highest BCUT2D eigenvalue weighted by atomic mass is 32.2. The predicted octanol–water partition coefficient (Wildman–Crippen LogP) is 9.45. The summed E-state index contributed by atoms with van der Waals surface area (Å²) in [6.07, 6.45) is 22.6. The summed E-state index contributed by atoms with van der Waals surface area (Å²) in [7, 11) is -2.94. The van der Waals surface area contributed by atoms with Crippen LogP contribution in [0.5, 0.6) is 0 Å². The van der Waals surface area contributed by atoms with E-state index in [0.717, 1.165) is 31.4 Å². The third kappa shape index (κ3) is 18.7. The smallest absolute Gasteiger partial charge is 0.474 e. The molecule has 0 spiro atoms. The molecule has 0 aromatic rings. The van der Waals surface area contributed by atoms with Crippen LogP contribution >= 0.6 is 19.8 Å². The molecular weight excluding hydrogens is 507 g/mol. The average Bonchev–Trinajstić information content (AvgIpc) is 2.88. The summed E-state index contributed by atoms with van der Waals surface area (Å²) < 4.78 is 23.4. The Morgan fingerprint density at radius 2 is 1.24 bits per heavy atom. The van der Waals surface area contributed by atoms with Crippen molar-refractivity contribution in [1.82, 2.24) is 0 Å². The first-order chi connectivity index (χ1) is 17.8. The van der Waals surface area contributed by atoms with Crippen molar-refractivity contribution in [3.8, 4) is 0 Å². The van der Waals surface area contributed by atoms with Gasteiger partial charge in [0.2, 0.25) is 0 Å². The lowest BCUT2D eigenvalue weighted by atomic mass is 10.1. The summed E-state index contributed by atoms with van der Waals surface area (Å²) in [6, 6.07) is 0. The number of carbonyl (C=O) groups is 1. The summed E-state index contributed by atoms with van der Waals surface area (Å²) in [5, 5.41) is 19.9. The molecule has 0 fully saturated rings. The molecular formula is C29H58O6PS+. The van der Waals surface area contributed by atoms with Crippen LogP contribution in [0.15, 0.2) is 0 Å². The monoisotopic (exact) mass is 565 g/mol. The molecule has 0 saturated heterocycles. The highest BCUT2D eigenvalue weighted by Crippen LogP contribution is 2.42. The molecule has 0 radical (unpaired) electrons. The van der Waals surface area contributed by atoms with E-state index >= 15 is 0 Å². The fourth-order valence-corrected chi connectivity index (χ4v) is 6.67. The third-order valence-corrected chi connectivity index (χ3v) is 9.65.